The molecule has 2 aromatic rings. The number of nitrogens with one attached hydrogen (secondary N) is 1. The first-order valence-corrected chi connectivity index (χ1v) is 8.23. The van der Waals surface area contributed by atoms with Crippen molar-refractivity contribution in [2.75, 3.05) is 19.6 Å². The first-order valence-electron chi connectivity index (χ1n) is 7.85. The number of carbonyl (C=O) groups is 1. The summed E-state index contributed by atoms with van der Waals surface area (Å²) in [6.45, 7) is 3.05. The van der Waals surface area contributed by atoms with Crippen LogP contribution >= 0.6 is 11.6 Å². The molecule has 6 heteroatoms. The van der Waals surface area contributed by atoms with Crippen LogP contribution in [0.2, 0.25) is 5.15 Å². The van der Waals surface area contributed by atoms with Crippen molar-refractivity contribution in [3.05, 3.63) is 35.2 Å². The molecule has 1 saturated heterocycles. The van der Waals surface area contributed by atoms with Crippen molar-refractivity contribution in [1.82, 2.24) is 19.6 Å². The predicted molar refractivity (Wildman–Crippen MR) is 87.0 cm³/mol. The van der Waals surface area contributed by atoms with E-state index in [0.717, 1.165) is 50.2 Å². The van der Waals surface area contributed by atoms with Crippen LogP contribution in [0.3, 0.4) is 0 Å². The van der Waals surface area contributed by atoms with Crippen LogP contribution in [-0.4, -0.2) is 39.8 Å². The molecule has 2 aromatic heterocycles. The largest absolute Gasteiger partial charge is 0.341 e. The molecular weight excluding hydrogens is 300 g/mol. The minimum Gasteiger partial charge on any atom is -0.341 e. The number of fused-ring (bicyclic) bond motifs is 1. The quantitative estimate of drug-likeness (QED) is 0.861. The van der Waals surface area contributed by atoms with Gasteiger partial charge in [0.1, 0.15) is 5.65 Å². The highest BCUT2D eigenvalue weighted by Gasteiger charge is 2.16. The molecule has 0 spiro atoms. The van der Waals surface area contributed by atoms with Crippen LogP contribution in [0.15, 0.2) is 24.4 Å². The maximum absolute atomic E-state index is 11.9. The fourth-order valence-corrected chi connectivity index (χ4v) is 3.12. The van der Waals surface area contributed by atoms with Crippen LogP contribution in [0.4, 0.5) is 0 Å². The summed E-state index contributed by atoms with van der Waals surface area (Å²) in [6.07, 6.45) is 5.96. The van der Waals surface area contributed by atoms with Gasteiger partial charge in [-0.05, 0) is 25.0 Å². The first kappa shape index (κ1) is 15.3. The minimum atomic E-state index is 0.284. The fraction of sp³-hybridized carbons (Fsp3) is 0.500. The van der Waals surface area contributed by atoms with Gasteiger partial charge in [0.15, 0.2) is 5.15 Å². The van der Waals surface area contributed by atoms with Crippen LogP contribution in [0.5, 0.6) is 0 Å². The van der Waals surface area contributed by atoms with E-state index < -0.39 is 0 Å². The molecule has 0 aliphatic carbocycles. The third-order valence-electron chi connectivity index (χ3n) is 4.10. The summed E-state index contributed by atoms with van der Waals surface area (Å²) in [5.41, 5.74) is 1.81. The molecule has 5 nitrogen and oxygen atoms in total. The molecule has 22 heavy (non-hydrogen) atoms. The molecule has 0 atom stereocenters. The lowest BCUT2D eigenvalue weighted by atomic mass is 10.2. The second-order valence-electron chi connectivity index (χ2n) is 5.65. The second-order valence-corrected chi connectivity index (χ2v) is 6.00. The van der Waals surface area contributed by atoms with Crippen LogP contribution in [-0.2, 0) is 11.3 Å². The molecule has 1 fully saturated rings. The number of imidazole rings is 1. The molecule has 1 aliphatic heterocycles. The smallest absolute Gasteiger partial charge is 0.222 e. The van der Waals surface area contributed by atoms with E-state index in [1.54, 1.807) is 0 Å². The fourth-order valence-electron chi connectivity index (χ4n) is 2.87. The van der Waals surface area contributed by atoms with E-state index in [4.69, 9.17) is 11.6 Å². The zero-order valence-corrected chi connectivity index (χ0v) is 13.4. The Kier molecular flexibility index (Phi) is 4.95. The lowest BCUT2D eigenvalue weighted by Gasteiger charge is -2.20. The number of halogens is 1. The first-order chi connectivity index (χ1) is 10.8. The molecule has 1 amide bonds. The van der Waals surface area contributed by atoms with Gasteiger partial charge in [-0.2, -0.15) is 0 Å². The van der Waals surface area contributed by atoms with Gasteiger partial charge in [-0.15, -0.1) is 0 Å². The Morgan fingerprint density at radius 1 is 1.27 bits per heavy atom. The molecule has 0 unspecified atom stereocenters. The van der Waals surface area contributed by atoms with Gasteiger partial charge in [0, 0.05) is 38.8 Å². The summed E-state index contributed by atoms with van der Waals surface area (Å²) in [7, 11) is 0. The standard InChI is InChI=1S/C16H21ClN4O/c17-16-13(21-10-5-3-6-14(21)19-16)12-18-8-11-20-9-4-1-2-7-15(20)22/h3,5-6,10,18H,1-2,4,7-9,11-12H2. The number of hydrogen-bond donors (Lipinski definition) is 1. The molecular formula is C16H21ClN4O. The van der Waals surface area contributed by atoms with Gasteiger partial charge >= 0.3 is 0 Å². The van der Waals surface area contributed by atoms with Crippen LogP contribution in [0.1, 0.15) is 31.4 Å². The van der Waals surface area contributed by atoms with Gasteiger partial charge in [-0.1, -0.05) is 24.1 Å². The molecule has 0 aromatic carbocycles. The number of carbonyl (C=O) groups excluding carboxylic acids is 1. The summed E-state index contributed by atoms with van der Waals surface area (Å²) in [6, 6.07) is 5.84. The molecule has 3 rings (SSSR count). The van der Waals surface area contributed by atoms with Gasteiger partial charge < -0.3 is 14.6 Å². The zero-order valence-electron chi connectivity index (χ0n) is 12.6. The summed E-state index contributed by atoms with van der Waals surface area (Å²) in [5.74, 6) is 0.284. The Balaban J connectivity index is 1.54. The summed E-state index contributed by atoms with van der Waals surface area (Å²) < 4.78 is 1.99. The molecule has 0 radical (unpaired) electrons. The number of rotatable bonds is 5. The number of amides is 1. The predicted octanol–water partition coefficient (Wildman–Crippen LogP) is 2.48. The average molecular weight is 321 g/mol. The summed E-state index contributed by atoms with van der Waals surface area (Å²) in [5, 5.41) is 3.90. The minimum absolute atomic E-state index is 0.284. The monoisotopic (exact) mass is 320 g/mol. The van der Waals surface area contributed by atoms with Crippen molar-refractivity contribution >= 4 is 23.2 Å². The lowest BCUT2D eigenvalue weighted by molar-refractivity contribution is -0.130. The highest BCUT2D eigenvalue weighted by Crippen LogP contribution is 2.17. The Morgan fingerprint density at radius 3 is 3.09 bits per heavy atom. The number of likely N-dealkylation sites (tertiary alicyclic amines) is 1. The van der Waals surface area contributed by atoms with Crippen molar-refractivity contribution in [3.63, 3.8) is 0 Å². The number of nitrogens with zero attached hydrogens (tertiary/aromatic N) is 3. The third-order valence-corrected chi connectivity index (χ3v) is 4.40. The average Bonchev–Trinajstić information content (AvgIpc) is 2.69. The summed E-state index contributed by atoms with van der Waals surface area (Å²) >= 11 is 6.20. The van der Waals surface area contributed by atoms with Crippen molar-refractivity contribution in [1.29, 1.82) is 0 Å². The van der Waals surface area contributed by atoms with Crippen molar-refractivity contribution in [3.8, 4) is 0 Å². The van der Waals surface area contributed by atoms with Gasteiger partial charge in [0.2, 0.25) is 5.91 Å². The molecule has 118 valence electrons. The van der Waals surface area contributed by atoms with E-state index in [2.05, 4.69) is 10.3 Å². The highest BCUT2D eigenvalue weighted by atomic mass is 35.5. The van der Waals surface area contributed by atoms with E-state index in [1.165, 1.54) is 0 Å². The molecule has 3 heterocycles. The van der Waals surface area contributed by atoms with E-state index in [1.807, 2.05) is 33.7 Å². The second kappa shape index (κ2) is 7.11. The lowest BCUT2D eigenvalue weighted by Crippen LogP contribution is -2.36. The SMILES string of the molecule is O=C1CCCCCN1CCNCc1c(Cl)nc2ccccn12. The van der Waals surface area contributed by atoms with E-state index in [-0.39, 0.29) is 5.91 Å². The maximum Gasteiger partial charge on any atom is 0.222 e. The van der Waals surface area contributed by atoms with Crippen molar-refractivity contribution < 1.29 is 4.79 Å². The Labute approximate surface area is 135 Å². The van der Waals surface area contributed by atoms with Crippen LogP contribution in [0.25, 0.3) is 5.65 Å². The van der Waals surface area contributed by atoms with Gasteiger partial charge in [0.05, 0.1) is 5.69 Å². The summed E-state index contributed by atoms with van der Waals surface area (Å²) in [4.78, 5) is 18.2. The number of hydrogen-bond acceptors (Lipinski definition) is 3. The topological polar surface area (TPSA) is 49.6 Å². The Morgan fingerprint density at radius 2 is 2.18 bits per heavy atom. The van der Waals surface area contributed by atoms with Gasteiger partial charge in [-0.3, -0.25) is 4.79 Å². The van der Waals surface area contributed by atoms with Crippen molar-refractivity contribution in [2.45, 2.75) is 32.2 Å². The molecule has 1 N–H and O–H groups in total. The van der Waals surface area contributed by atoms with Crippen molar-refractivity contribution in [2.24, 2.45) is 0 Å². The highest BCUT2D eigenvalue weighted by molar-refractivity contribution is 6.30. The zero-order chi connectivity index (χ0) is 15.4. The normalized spacial score (nSPS) is 16.2. The molecule has 1 aliphatic rings. The van der Waals surface area contributed by atoms with E-state index >= 15 is 0 Å². The Hall–Kier alpha value is -1.59. The third kappa shape index (κ3) is 3.42. The number of aromatic nitrogens is 2. The van der Waals surface area contributed by atoms with Gasteiger partial charge in [-0.25, -0.2) is 4.98 Å². The molecule has 0 saturated carbocycles. The number of pyridine rings is 1. The van der Waals surface area contributed by atoms with Crippen LogP contribution < -0.4 is 5.32 Å². The molecule has 0 bridgehead atoms. The van der Waals surface area contributed by atoms with E-state index in [9.17, 15) is 4.79 Å². The Bertz CT molecular complexity index is 655. The van der Waals surface area contributed by atoms with E-state index in [0.29, 0.717) is 18.1 Å². The van der Waals surface area contributed by atoms with Crippen LogP contribution in [0, 0.1) is 0 Å². The van der Waals surface area contributed by atoms with Gasteiger partial charge in [0.25, 0.3) is 0 Å². The maximum atomic E-state index is 11.9.